The molecule has 1 aliphatic heterocycles. The quantitative estimate of drug-likeness (QED) is 0.850. The summed E-state index contributed by atoms with van der Waals surface area (Å²) in [6, 6.07) is 3.55. The first-order valence-corrected chi connectivity index (χ1v) is 7.39. The number of carboxylic acid groups (broad SMARTS) is 1. The molecule has 2 unspecified atom stereocenters. The van der Waals surface area contributed by atoms with Gasteiger partial charge in [-0.15, -0.1) is 0 Å². The van der Waals surface area contributed by atoms with Gasteiger partial charge in [-0.2, -0.15) is 0 Å². The summed E-state index contributed by atoms with van der Waals surface area (Å²) in [5.41, 5.74) is 0.471. The van der Waals surface area contributed by atoms with Crippen molar-refractivity contribution in [1.29, 1.82) is 0 Å². The van der Waals surface area contributed by atoms with Crippen molar-refractivity contribution in [1.82, 2.24) is 10.2 Å². The van der Waals surface area contributed by atoms with Crippen LogP contribution < -0.4 is 5.32 Å². The first kappa shape index (κ1) is 17.2. The summed E-state index contributed by atoms with van der Waals surface area (Å²) in [6.07, 6.45) is -0.215. The zero-order chi connectivity index (χ0) is 17.1. The van der Waals surface area contributed by atoms with Gasteiger partial charge in [0.15, 0.2) is 0 Å². The zero-order valence-corrected chi connectivity index (χ0v) is 13.1. The molecule has 2 amide bonds. The van der Waals surface area contributed by atoms with Crippen LogP contribution in [0.4, 0.5) is 4.39 Å². The summed E-state index contributed by atoms with van der Waals surface area (Å²) in [5, 5.41) is 11.1. The van der Waals surface area contributed by atoms with Crippen molar-refractivity contribution in [2.45, 2.75) is 18.9 Å². The molecule has 0 bridgehead atoms. The number of nitrogens with zero attached hydrogens (tertiary/aromatic N) is 1. The second kappa shape index (κ2) is 6.95. The van der Waals surface area contributed by atoms with E-state index >= 15 is 0 Å². The minimum Gasteiger partial charge on any atom is -0.481 e. The van der Waals surface area contributed by atoms with Gasteiger partial charge in [0, 0.05) is 20.0 Å². The minimum absolute atomic E-state index is 0.00961. The number of aliphatic carboxylic acids is 1. The van der Waals surface area contributed by atoms with Gasteiger partial charge in [0.25, 0.3) is 0 Å². The van der Waals surface area contributed by atoms with Gasteiger partial charge in [-0.1, -0.05) is 17.7 Å². The van der Waals surface area contributed by atoms with E-state index in [0.717, 1.165) is 0 Å². The average Bonchev–Trinajstić information content (AvgIpc) is 2.78. The number of carbonyl (C=O) groups is 3. The van der Waals surface area contributed by atoms with Crippen molar-refractivity contribution in [3.63, 3.8) is 0 Å². The second-order valence-electron chi connectivity index (χ2n) is 5.37. The number of amides is 2. The van der Waals surface area contributed by atoms with E-state index in [1.54, 1.807) is 13.1 Å². The van der Waals surface area contributed by atoms with Crippen molar-refractivity contribution in [2.24, 2.45) is 5.92 Å². The van der Waals surface area contributed by atoms with Crippen molar-refractivity contribution < 1.29 is 23.9 Å². The third kappa shape index (κ3) is 3.79. The number of carbonyl (C=O) groups excluding carboxylic acids is 2. The molecule has 1 saturated heterocycles. The molecule has 1 aromatic carbocycles. The molecule has 2 N–H and O–H groups in total. The maximum atomic E-state index is 13.7. The van der Waals surface area contributed by atoms with E-state index in [0.29, 0.717) is 5.56 Å². The van der Waals surface area contributed by atoms with E-state index in [4.69, 9.17) is 16.7 Å². The van der Waals surface area contributed by atoms with Crippen LogP contribution in [0.5, 0.6) is 0 Å². The van der Waals surface area contributed by atoms with E-state index in [1.807, 2.05) is 0 Å². The maximum Gasteiger partial charge on any atom is 0.305 e. The van der Waals surface area contributed by atoms with Crippen LogP contribution in [-0.4, -0.2) is 41.4 Å². The molecule has 0 spiro atoms. The van der Waals surface area contributed by atoms with Gasteiger partial charge < -0.3 is 15.3 Å². The topological polar surface area (TPSA) is 86.7 Å². The highest BCUT2D eigenvalue weighted by Gasteiger charge is 2.42. The molecule has 2 atom stereocenters. The van der Waals surface area contributed by atoms with Gasteiger partial charge in [0.2, 0.25) is 11.8 Å². The SMILES string of the molecule is CN1C(=O)CC(C(=O)NCCC(=O)O)C1c1ccc(Cl)c(F)c1. The lowest BCUT2D eigenvalue weighted by Gasteiger charge is -2.25. The number of hydrogen-bond donors (Lipinski definition) is 2. The molecule has 1 heterocycles. The summed E-state index contributed by atoms with van der Waals surface area (Å²) >= 11 is 5.66. The second-order valence-corrected chi connectivity index (χ2v) is 5.78. The molecule has 0 radical (unpaired) electrons. The Labute approximate surface area is 137 Å². The molecule has 6 nitrogen and oxygen atoms in total. The predicted octanol–water partition coefficient (Wildman–Crippen LogP) is 1.59. The lowest BCUT2D eigenvalue weighted by atomic mass is 9.93. The average molecular weight is 343 g/mol. The van der Waals surface area contributed by atoms with Crippen LogP contribution in [0.15, 0.2) is 18.2 Å². The summed E-state index contributed by atoms with van der Waals surface area (Å²) in [6.45, 7) is -0.0235. The Morgan fingerprint density at radius 2 is 2.17 bits per heavy atom. The van der Waals surface area contributed by atoms with Crippen LogP contribution in [0.1, 0.15) is 24.4 Å². The highest BCUT2D eigenvalue weighted by molar-refractivity contribution is 6.30. The Hall–Kier alpha value is -2.15. The molecule has 1 fully saturated rings. The van der Waals surface area contributed by atoms with Crippen molar-refractivity contribution in [3.05, 3.63) is 34.6 Å². The van der Waals surface area contributed by atoms with Crippen LogP contribution >= 0.6 is 11.6 Å². The minimum atomic E-state index is -1.03. The standard InChI is InChI=1S/C15H16ClFN2O4/c1-19-12(20)7-9(15(23)18-5-4-13(21)22)14(19)8-2-3-10(16)11(17)6-8/h2-3,6,9,14H,4-5,7H2,1H3,(H,18,23)(H,21,22). The van der Waals surface area contributed by atoms with E-state index < -0.39 is 29.7 Å². The van der Waals surface area contributed by atoms with Crippen LogP contribution in [0.3, 0.4) is 0 Å². The molecule has 2 rings (SSSR count). The molecular weight excluding hydrogens is 327 g/mol. The van der Waals surface area contributed by atoms with Gasteiger partial charge in [-0.05, 0) is 17.7 Å². The highest BCUT2D eigenvalue weighted by Crippen LogP contribution is 2.38. The van der Waals surface area contributed by atoms with Gasteiger partial charge in [0.1, 0.15) is 5.82 Å². The van der Waals surface area contributed by atoms with E-state index in [2.05, 4.69) is 5.32 Å². The monoisotopic (exact) mass is 342 g/mol. The number of halogens is 2. The number of hydrogen-bond acceptors (Lipinski definition) is 3. The van der Waals surface area contributed by atoms with Gasteiger partial charge in [0.05, 0.1) is 23.4 Å². The normalized spacial score (nSPS) is 20.7. The largest absolute Gasteiger partial charge is 0.481 e. The Bertz CT molecular complexity index is 652. The fourth-order valence-corrected chi connectivity index (χ4v) is 2.80. The number of benzene rings is 1. The Balaban J connectivity index is 2.19. The van der Waals surface area contributed by atoms with E-state index in [1.165, 1.54) is 17.0 Å². The lowest BCUT2D eigenvalue weighted by Crippen LogP contribution is -2.35. The maximum absolute atomic E-state index is 13.7. The number of carboxylic acids is 1. The first-order chi connectivity index (χ1) is 10.8. The lowest BCUT2D eigenvalue weighted by molar-refractivity contribution is -0.137. The smallest absolute Gasteiger partial charge is 0.305 e. The van der Waals surface area contributed by atoms with Crippen LogP contribution in [0.2, 0.25) is 5.02 Å². The molecular formula is C15H16ClFN2O4. The first-order valence-electron chi connectivity index (χ1n) is 7.01. The van der Waals surface area contributed by atoms with Crippen LogP contribution in [-0.2, 0) is 14.4 Å². The molecule has 0 saturated carbocycles. The summed E-state index contributed by atoms with van der Waals surface area (Å²) in [5.74, 6) is -3.02. The van der Waals surface area contributed by atoms with Gasteiger partial charge >= 0.3 is 5.97 Å². The molecule has 8 heteroatoms. The molecule has 23 heavy (non-hydrogen) atoms. The van der Waals surface area contributed by atoms with Crippen molar-refractivity contribution in [3.8, 4) is 0 Å². The Morgan fingerprint density at radius 1 is 1.48 bits per heavy atom. The molecule has 0 aromatic heterocycles. The fourth-order valence-electron chi connectivity index (χ4n) is 2.68. The van der Waals surface area contributed by atoms with Gasteiger partial charge in [-0.3, -0.25) is 14.4 Å². The number of rotatable bonds is 5. The molecule has 124 valence electrons. The summed E-state index contributed by atoms with van der Waals surface area (Å²) < 4.78 is 13.7. The van der Waals surface area contributed by atoms with Crippen LogP contribution in [0, 0.1) is 11.7 Å². The Morgan fingerprint density at radius 3 is 2.78 bits per heavy atom. The number of likely N-dealkylation sites (tertiary alicyclic amines) is 1. The Kier molecular flexibility index (Phi) is 5.20. The van der Waals surface area contributed by atoms with E-state index in [9.17, 15) is 18.8 Å². The third-order valence-electron chi connectivity index (χ3n) is 3.85. The fraction of sp³-hybridized carbons (Fsp3) is 0.400. The van der Waals surface area contributed by atoms with E-state index in [-0.39, 0.29) is 30.3 Å². The molecule has 1 aliphatic rings. The van der Waals surface area contributed by atoms with Crippen molar-refractivity contribution >= 4 is 29.4 Å². The predicted molar refractivity (Wildman–Crippen MR) is 80.3 cm³/mol. The number of nitrogens with one attached hydrogen (secondary N) is 1. The zero-order valence-electron chi connectivity index (χ0n) is 12.4. The third-order valence-corrected chi connectivity index (χ3v) is 4.15. The molecule has 1 aromatic rings. The van der Waals surface area contributed by atoms with Crippen LogP contribution in [0.25, 0.3) is 0 Å². The highest BCUT2D eigenvalue weighted by atomic mass is 35.5. The van der Waals surface area contributed by atoms with Crippen molar-refractivity contribution in [2.75, 3.05) is 13.6 Å². The summed E-state index contributed by atoms with van der Waals surface area (Å²) in [7, 11) is 1.55. The van der Waals surface area contributed by atoms with Gasteiger partial charge in [-0.25, -0.2) is 4.39 Å². The molecule has 0 aliphatic carbocycles. The summed E-state index contributed by atoms with van der Waals surface area (Å²) in [4.78, 5) is 36.1.